The van der Waals surface area contributed by atoms with Crippen molar-refractivity contribution in [2.75, 3.05) is 35.7 Å². The number of hydrogen-bond acceptors (Lipinski definition) is 9. The molecular formula is C21H25F2N7O3S. The minimum atomic E-state index is -2.61. The molecule has 0 fully saturated rings. The van der Waals surface area contributed by atoms with Gasteiger partial charge in [0.2, 0.25) is 5.95 Å². The first-order chi connectivity index (χ1) is 16.1. The van der Waals surface area contributed by atoms with Crippen molar-refractivity contribution in [3.05, 3.63) is 35.6 Å². The number of halogens is 2. The van der Waals surface area contributed by atoms with E-state index in [4.69, 9.17) is 10.5 Å². The molecule has 2 aromatic rings. The van der Waals surface area contributed by atoms with Gasteiger partial charge in [-0.15, -0.1) is 0 Å². The third-order valence-corrected chi connectivity index (χ3v) is 6.87. The smallest absolute Gasteiger partial charge is 0.404 e. The Hall–Kier alpha value is -3.22. The van der Waals surface area contributed by atoms with E-state index >= 15 is 0 Å². The van der Waals surface area contributed by atoms with Crippen molar-refractivity contribution in [3.63, 3.8) is 0 Å². The van der Waals surface area contributed by atoms with Crippen molar-refractivity contribution in [1.29, 1.82) is 0 Å². The van der Waals surface area contributed by atoms with Gasteiger partial charge in [-0.25, -0.2) is 28.5 Å². The number of fused-ring (bicyclic) bond motifs is 1. The van der Waals surface area contributed by atoms with Crippen LogP contribution in [0.15, 0.2) is 23.4 Å². The van der Waals surface area contributed by atoms with Crippen LogP contribution in [0.1, 0.15) is 43.8 Å². The van der Waals surface area contributed by atoms with Crippen molar-refractivity contribution in [2.45, 2.75) is 43.5 Å². The van der Waals surface area contributed by atoms with Crippen LogP contribution in [0.25, 0.3) is 5.57 Å². The summed E-state index contributed by atoms with van der Waals surface area (Å²) in [6.07, 6.45) is 1.89. The second kappa shape index (κ2) is 9.57. The lowest BCUT2D eigenvalue weighted by atomic mass is 10.1. The third-order valence-electron chi connectivity index (χ3n) is 5.41. The Bertz CT molecular complexity index is 1140. The fraction of sp³-hybridized carbons (Fsp3) is 0.476. The number of aryl methyl sites for hydroxylation is 1. The number of alkyl halides is 2. The van der Waals surface area contributed by atoms with Gasteiger partial charge in [0, 0.05) is 37.7 Å². The van der Waals surface area contributed by atoms with Crippen LogP contribution >= 0.6 is 0 Å². The molecule has 0 bridgehead atoms. The molecule has 13 heteroatoms. The summed E-state index contributed by atoms with van der Waals surface area (Å²) < 4.78 is 43.0. The highest BCUT2D eigenvalue weighted by Gasteiger charge is 2.31. The lowest BCUT2D eigenvalue weighted by Crippen LogP contribution is -2.39. The van der Waals surface area contributed by atoms with E-state index in [0.29, 0.717) is 54.2 Å². The molecule has 3 N–H and O–H groups in total. The number of anilines is 2. The molecule has 2 aliphatic heterocycles. The van der Waals surface area contributed by atoms with Gasteiger partial charge in [-0.05, 0) is 25.8 Å². The quantitative estimate of drug-likeness (QED) is 0.596. The van der Waals surface area contributed by atoms with Gasteiger partial charge in [0.1, 0.15) is 17.3 Å². The first-order valence-electron chi connectivity index (χ1n) is 10.7. The summed E-state index contributed by atoms with van der Waals surface area (Å²) in [5.74, 6) is 1.81. The number of ether oxygens (including phenoxy) is 1. The zero-order valence-corrected chi connectivity index (χ0v) is 19.6. The number of nitrogens with zero attached hydrogens (tertiary/aromatic N) is 5. The Morgan fingerprint density at radius 2 is 2.03 bits per heavy atom. The number of amides is 1. The lowest BCUT2D eigenvalue weighted by molar-refractivity contribution is 0.138. The van der Waals surface area contributed by atoms with Crippen molar-refractivity contribution >= 4 is 34.2 Å². The first kappa shape index (κ1) is 23.9. The van der Waals surface area contributed by atoms with Crippen LogP contribution in [0.4, 0.5) is 25.3 Å². The summed E-state index contributed by atoms with van der Waals surface area (Å²) in [5.41, 5.74) is 5.74. The van der Waals surface area contributed by atoms with Gasteiger partial charge in [0.25, 0.3) is 6.43 Å². The number of nitrogens with one attached hydrogen (secondary N) is 1. The molecule has 2 aromatic heterocycles. The van der Waals surface area contributed by atoms with Crippen LogP contribution in [0, 0.1) is 0 Å². The van der Waals surface area contributed by atoms with Crippen LogP contribution < -0.4 is 16.0 Å². The minimum absolute atomic E-state index is 0.00321. The molecule has 1 atom stereocenters. The Morgan fingerprint density at radius 1 is 1.29 bits per heavy atom. The first-order valence-corrected chi connectivity index (χ1v) is 12.0. The molecule has 0 saturated heterocycles. The number of primary amides is 1. The molecule has 0 aliphatic carbocycles. The highest BCUT2D eigenvalue weighted by Crippen LogP contribution is 2.32. The summed E-state index contributed by atoms with van der Waals surface area (Å²) >= 11 is 0. The molecule has 0 radical (unpaired) electrons. The Labute approximate surface area is 197 Å². The van der Waals surface area contributed by atoms with Crippen LogP contribution in [0.2, 0.25) is 0 Å². The standard InChI is InChI=1S/C21H25F2N7O3S/c1-21(2,11-33-19(24)31)29-18-15-14(5-8-34(15)32)27-20(28-18)30-6-3-12(4-7-30)17-25-9-13(10-26-17)16(22)23/h3,9-10,16H,4-8,11H2,1-2H3,(H2,24,31)(H,27,28,29)/t34-/m1/s1. The summed E-state index contributed by atoms with van der Waals surface area (Å²) in [6, 6.07) is 0. The Kier molecular flexibility index (Phi) is 6.73. The fourth-order valence-corrected chi connectivity index (χ4v) is 4.99. The van der Waals surface area contributed by atoms with E-state index in [1.165, 1.54) is 0 Å². The number of rotatable bonds is 7. The Balaban J connectivity index is 1.55. The van der Waals surface area contributed by atoms with Crippen LogP contribution in [-0.4, -0.2) is 61.2 Å². The maximum atomic E-state index is 12.7. The second-order valence-corrected chi connectivity index (χ2v) is 10.1. The van der Waals surface area contributed by atoms with Crippen LogP contribution in [-0.2, 0) is 22.0 Å². The SMILES string of the molecule is CC(C)(COC(N)=O)Nc1nc(N2CC=C(c3ncc(C(F)F)cn3)CC2)nc2c1[S@](=O)CC2. The second-order valence-electron chi connectivity index (χ2n) is 8.63. The monoisotopic (exact) mass is 493 g/mol. The zero-order chi connectivity index (χ0) is 24.5. The minimum Gasteiger partial charge on any atom is -0.447 e. The molecule has 4 heterocycles. The van der Waals surface area contributed by atoms with E-state index in [0.717, 1.165) is 23.7 Å². The lowest BCUT2D eigenvalue weighted by Gasteiger charge is -2.29. The van der Waals surface area contributed by atoms with Crippen LogP contribution in [0.3, 0.4) is 0 Å². The molecule has 0 aromatic carbocycles. The third kappa shape index (κ3) is 5.29. The predicted octanol–water partition coefficient (Wildman–Crippen LogP) is 2.45. The van der Waals surface area contributed by atoms with Crippen LogP contribution in [0.5, 0.6) is 0 Å². The topological polar surface area (TPSA) is 136 Å². The number of aromatic nitrogens is 4. The largest absolute Gasteiger partial charge is 0.447 e. The maximum Gasteiger partial charge on any atom is 0.404 e. The van der Waals surface area contributed by atoms with E-state index in [1.54, 1.807) is 0 Å². The molecule has 4 rings (SSSR count). The van der Waals surface area contributed by atoms with Gasteiger partial charge in [-0.3, -0.25) is 4.21 Å². The summed E-state index contributed by atoms with van der Waals surface area (Å²) in [4.78, 5) is 31.0. The van der Waals surface area contributed by atoms with Crippen molar-refractivity contribution in [1.82, 2.24) is 19.9 Å². The molecule has 2 aliphatic rings. The van der Waals surface area contributed by atoms with Crippen molar-refractivity contribution in [2.24, 2.45) is 5.73 Å². The molecule has 0 unspecified atom stereocenters. The molecule has 10 nitrogen and oxygen atoms in total. The van der Waals surface area contributed by atoms with E-state index in [2.05, 4.69) is 25.3 Å². The van der Waals surface area contributed by atoms with Gasteiger partial charge >= 0.3 is 6.09 Å². The fourth-order valence-electron chi connectivity index (χ4n) is 3.69. The zero-order valence-electron chi connectivity index (χ0n) is 18.8. The van der Waals surface area contributed by atoms with Crippen molar-refractivity contribution < 1.29 is 22.5 Å². The van der Waals surface area contributed by atoms with Gasteiger partial charge in [-0.1, -0.05) is 6.08 Å². The van der Waals surface area contributed by atoms with Gasteiger partial charge in [0.15, 0.2) is 5.82 Å². The highest BCUT2D eigenvalue weighted by atomic mass is 32.2. The summed E-state index contributed by atoms with van der Waals surface area (Å²) in [7, 11) is -1.23. The molecule has 0 saturated carbocycles. The van der Waals surface area contributed by atoms with E-state index in [-0.39, 0.29) is 12.2 Å². The number of carbonyl (C=O) groups is 1. The maximum absolute atomic E-state index is 12.7. The average Bonchev–Trinajstić information content (AvgIpc) is 3.19. The van der Waals surface area contributed by atoms with Gasteiger partial charge in [0.05, 0.1) is 27.6 Å². The normalized spacial score (nSPS) is 18.0. The molecule has 34 heavy (non-hydrogen) atoms. The highest BCUT2D eigenvalue weighted by molar-refractivity contribution is 7.85. The summed E-state index contributed by atoms with van der Waals surface area (Å²) in [5, 5.41) is 3.23. The van der Waals surface area contributed by atoms with Crippen molar-refractivity contribution in [3.8, 4) is 0 Å². The molecule has 1 amide bonds. The number of nitrogens with two attached hydrogens (primary N) is 1. The average molecular weight is 494 g/mol. The predicted molar refractivity (Wildman–Crippen MR) is 122 cm³/mol. The van der Waals surface area contributed by atoms with E-state index in [9.17, 15) is 17.8 Å². The van der Waals surface area contributed by atoms with Gasteiger partial charge < -0.3 is 20.7 Å². The molecular weight excluding hydrogens is 468 g/mol. The Morgan fingerprint density at radius 3 is 2.65 bits per heavy atom. The number of carbonyl (C=O) groups excluding carboxylic acids is 1. The van der Waals surface area contributed by atoms with Gasteiger partial charge in [-0.2, -0.15) is 4.98 Å². The van der Waals surface area contributed by atoms with E-state index in [1.807, 2.05) is 24.8 Å². The molecule has 0 spiro atoms. The van der Waals surface area contributed by atoms with E-state index < -0.39 is 28.9 Å². The molecule has 182 valence electrons. The summed E-state index contributed by atoms with van der Waals surface area (Å²) in [6.45, 7) is 4.68. The number of hydrogen-bond donors (Lipinski definition) is 2.